The maximum Gasteiger partial charge on any atom is 0.337 e. The third kappa shape index (κ3) is 2.41. The molecule has 3 aromatic rings. The number of benzene rings is 2. The Balaban J connectivity index is 2.13. The monoisotopic (exact) mass is 282 g/mol. The molecule has 104 valence electrons. The molecule has 1 aromatic heterocycles. The van der Waals surface area contributed by atoms with Gasteiger partial charge in [0.2, 0.25) is 0 Å². The molecule has 4 nitrogen and oxygen atoms in total. The van der Waals surface area contributed by atoms with Crippen molar-refractivity contribution in [3.05, 3.63) is 66.2 Å². The number of fused-ring (bicyclic) bond motifs is 1. The van der Waals surface area contributed by atoms with E-state index in [-0.39, 0.29) is 11.3 Å². The Morgan fingerprint density at radius 3 is 2.76 bits per heavy atom. The normalized spacial score (nSPS) is 10.5. The summed E-state index contributed by atoms with van der Waals surface area (Å²) < 4.78 is 14.0. The molecule has 0 aliphatic carbocycles. The zero-order valence-corrected chi connectivity index (χ0v) is 10.9. The molecule has 0 fully saturated rings. The highest BCUT2D eigenvalue weighted by Crippen LogP contribution is 2.29. The predicted octanol–water partition coefficient (Wildman–Crippen LogP) is 3.82. The van der Waals surface area contributed by atoms with Crippen LogP contribution in [0.4, 0.5) is 15.8 Å². The molecule has 0 unspecified atom stereocenters. The number of hydrogen-bond donors (Lipinski definition) is 2. The second kappa shape index (κ2) is 5.20. The molecule has 0 aliphatic heterocycles. The van der Waals surface area contributed by atoms with Crippen molar-refractivity contribution in [2.45, 2.75) is 0 Å². The highest BCUT2D eigenvalue weighted by atomic mass is 19.1. The van der Waals surface area contributed by atoms with Crippen molar-refractivity contribution in [2.75, 3.05) is 5.32 Å². The van der Waals surface area contributed by atoms with Crippen molar-refractivity contribution in [1.82, 2.24) is 4.98 Å². The molecule has 0 spiro atoms. The van der Waals surface area contributed by atoms with Crippen LogP contribution < -0.4 is 5.32 Å². The van der Waals surface area contributed by atoms with E-state index in [0.29, 0.717) is 5.69 Å². The first-order valence-corrected chi connectivity index (χ1v) is 6.28. The molecule has 0 atom stereocenters. The summed E-state index contributed by atoms with van der Waals surface area (Å²) in [6, 6.07) is 11.2. The van der Waals surface area contributed by atoms with Gasteiger partial charge >= 0.3 is 5.97 Å². The van der Waals surface area contributed by atoms with E-state index in [2.05, 4.69) is 10.3 Å². The van der Waals surface area contributed by atoms with Gasteiger partial charge in [0.05, 0.1) is 11.3 Å². The molecule has 1 heterocycles. The summed E-state index contributed by atoms with van der Waals surface area (Å²) in [5, 5.41) is 13.8. The second-order valence-electron chi connectivity index (χ2n) is 4.49. The topological polar surface area (TPSA) is 62.2 Å². The predicted molar refractivity (Wildman–Crippen MR) is 78.4 cm³/mol. The molecule has 0 bridgehead atoms. The van der Waals surface area contributed by atoms with E-state index in [4.69, 9.17) is 5.11 Å². The lowest BCUT2D eigenvalue weighted by Crippen LogP contribution is -2.05. The maximum atomic E-state index is 14.0. The van der Waals surface area contributed by atoms with Gasteiger partial charge < -0.3 is 10.4 Å². The van der Waals surface area contributed by atoms with Crippen molar-refractivity contribution < 1.29 is 14.3 Å². The molecule has 3 rings (SSSR count). The third-order valence-electron chi connectivity index (χ3n) is 3.19. The minimum Gasteiger partial charge on any atom is -0.478 e. The van der Waals surface area contributed by atoms with Crippen LogP contribution in [0.1, 0.15) is 10.4 Å². The van der Waals surface area contributed by atoms with E-state index in [1.165, 1.54) is 18.2 Å². The van der Waals surface area contributed by atoms with Crippen molar-refractivity contribution >= 4 is 28.1 Å². The van der Waals surface area contributed by atoms with Gasteiger partial charge in [-0.25, -0.2) is 9.18 Å². The zero-order chi connectivity index (χ0) is 14.8. The summed E-state index contributed by atoms with van der Waals surface area (Å²) in [6.45, 7) is 0. The summed E-state index contributed by atoms with van der Waals surface area (Å²) in [4.78, 5) is 15.3. The van der Waals surface area contributed by atoms with Crippen LogP contribution in [0, 0.1) is 5.82 Å². The molecule has 0 aliphatic rings. The minimum atomic E-state index is -1.18. The van der Waals surface area contributed by atoms with E-state index in [1.807, 2.05) is 18.2 Å². The molecular formula is C16H11FN2O2. The molecule has 2 N–H and O–H groups in total. The average molecular weight is 282 g/mol. The lowest BCUT2D eigenvalue weighted by atomic mass is 10.1. The smallest absolute Gasteiger partial charge is 0.337 e. The molecule has 0 saturated heterocycles. The number of halogens is 1. The van der Waals surface area contributed by atoms with Gasteiger partial charge in [0.15, 0.2) is 0 Å². The number of carbonyl (C=O) groups is 1. The second-order valence-corrected chi connectivity index (χ2v) is 4.49. The van der Waals surface area contributed by atoms with Gasteiger partial charge in [-0.15, -0.1) is 0 Å². The first-order valence-electron chi connectivity index (χ1n) is 6.28. The summed E-state index contributed by atoms with van der Waals surface area (Å²) >= 11 is 0. The lowest BCUT2D eigenvalue weighted by Gasteiger charge is -2.12. The minimum absolute atomic E-state index is 0.0543. The fourth-order valence-corrected chi connectivity index (χ4v) is 2.19. The zero-order valence-electron chi connectivity index (χ0n) is 10.9. The largest absolute Gasteiger partial charge is 0.478 e. The standard InChI is InChI=1S/C16H11FN2O2/c17-13-5-2-4-11(16(20)21)15(13)19-14-6-1-3-10-7-8-18-9-12(10)14/h1-9,19H,(H,20,21). The molecule has 0 amide bonds. The number of hydrogen-bond acceptors (Lipinski definition) is 3. The van der Waals surface area contributed by atoms with Crippen LogP contribution in [-0.2, 0) is 0 Å². The van der Waals surface area contributed by atoms with Gasteiger partial charge in [0.1, 0.15) is 5.82 Å². The van der Waals surface area contributed by atoms with Gasteiger partial charge in [-0.2, -0.15) is 0 Å². The summed E-state index contributed by atoms with van der Waals surface area (Å²) in [7, 11) is 0. The number of para-hydroxylation sites is 1. The van der Waals surface area contributed by atoms with E-state index < -0.39 is 11.8 Å². The van der Waals surface area contributed by atoms with Crippen molar-refractivity contribution in [2.24, 2.45) is 0 Å². The summed E-state index contributed by atoms with van der Waals surface area (Å²) in [5.41, 5.74) is 0.436. The Hall–Kier alpha value is -2.95. The van der Waals surface area contributed by atoms with Crippen LogP contribution in [-0.4, -0.2) is 16.1 Å². The van der Waals surface area contributed by atoms with E-state index in [1.54, 1.807) is 18.5 Å². The molecule has 2 aromatic carbocycles. The van der Waals surface area contributed by atoms with Crippen LogP contribution in [0.5, 0.6) is 0 Å². The number of pyridine rings is 1. The number of nitrogens with zero attached hydrogens (tertiary/aromatic N) is 1. The van der Waals surface area contributed by atoms with Gasteiger partial charge in [-0.1, -0.05) is 18.2 Å². The van der Waals surface area contributed by atoms with Crippen LogP contribution >= 0.6 is 0 Å². The SMILES string of the molecule is O=C(O)c1cccc(F)c1Nc1cccc2ccncc12. The van der Waals surface area contributed by atoms with E-state index >= 15 is 0 Å². The number of carboxylic acids is 1. The number of rotatable bonds is 3. The van der Waals surface area contributed by atoms with Crippen LogP contribution in [0.3, 0.4) is 0 Å². The Morgan fingerprint density at radius 2 is 1.95 bits per heavy atom. The number of anilines is 2. The van der Waals surface area contributed by atoms with Gasteiger partial charge in [-0.3, -0.25) is 4.98 Å². The molecular weight excluding hydrogens is 271 g/mol. The highest BCUT2D eigenvalue weighted by Gasteiger charge is 2.15. The maximum absolute atomic E-state index is 14.0. The van der Waals surface area contributed by atoms with Crippen LogP contribution in [0.25, 0.3) is 10.8 Å². The van der Waals surface area contributed by atoms with Gasteiger partial charge in [0.25, 0.3) is 0 Å². The Bertz CT molecular complexity index is 828. The average Bonchev–Trinajstić information content (AvgIpc) is 2.49. The summed E-state index contributed by atoms with van der Waals surface area (Å²) in [5.74, 6) is -1.80. The van der Waals surface area contributed by atoms with Crippen LogP contribution in [0.2, 0.25) is 0 Å². The number of carboxylic acid groups (broad SMARTS) is 1. The quantitative estimate of drug-likeness (QED) is 0.766. The molecule has 0 radical (unpaired) electrons. The van der Waals surface area contributed by atoms with E-state index in [9.17, 15) is 9.18 Å². The number of nitrogens with one attached hydrogen (secondary N) is 1. The fraction of sp³-hybridized carbons (Fsp3) is 0. The van der Waals surface area contributed by atoms with Gasteiger partial charge in [0, 0.05) is 23.5 Å². The van der Waals surface area contributed by atoms with Gasteiger partial charge in [-0.05, 0) is 29.7 Å². The Labute approximate surface area is 119 Å². The molecule has 5 heteroatoms. The highest BCUT2D eigenvalue weighted by molar-refractivity contribution is 5.99. The Morgan fingerprint density at radius 1 is 1.14 bits per heavy atom. The molecule has 21 heavy (non-hydrogen) atoms. The first kappa shape index (κ1) is 13.1. The number of aromatic nitrogens is 1. The lowest BCUT2D eigenvalue weighted by molar-refractivity contribution is 0.0697. The fourth-order valence-electron chi connectivity index (χ4n) is 2.19. The van der Waals surface area contributed by atoms with Crippen molar-refractivity contribution in [1.29, 1.82) is 0 Å². The molecule has 0 saturated carbocycles. The Kier molecular flexibility index (Phi) is 3.23. The van der Waals surface area contributed by atoms with Crippen molar-refractivity contribution in [3.8, 4) is 0 Å². The first-order chi connectivity index (χ1) is 10.2. The summed E-state index contributed by atoms with van der Waals surface area (Å²) in [6.07, 6.45) is 3.32. The number of aromatic carboxylic acids is 1. The third-order valence-corrected chi connectivity index (χ3v) is 3.19. The van der Waals surface area contributed by atoms with E-state index in [0.717, 1.165) is 10.8 Å². The van der Waals surface area contributed by atoms with Crippen LogP contribution in [0.15, 0.2) is 54.9 Å². The van der Waals surface area contributed by atoms with Crippen molar-refractivity contribution in [3.63, 3.8) is 0 Å².